The molecule has 0 unspecified atom stereocenters. The molecule has 4 nitrogen and oxygen atoms in total. The summed E-state index contributed by atoms with van der Waals surface area (Å²) >= 11 is 1.72. The van der Waals surface area contributed by atoms with Crippen LogP contribution in [0.5, 0.6) is 0 Å². The van der Waals surface area contributed by atoms with Crippen molar-refractivity contribution >= 4 is 62.1 Å². The van der Waals surface area contributed by atoms with Crippen LogP contribution in [-0.2, 0) is 20.4 Å². The van der Waals surface area contributed by atoms with Gasteiger partial charge in [-0.1, -0.05) is 118 Å². The van der Waals surface area contributed by atoms with Crippen LogP contribution in [0.2, 0.25) is 0 Å². The topological polar surface area (TPSA) is 22.6 Å². The first kappa shape index (κ1) is 28.3. The molecule has 7 heteroatoms. The molecule has 0 fully saturated rings. The van der Waals surface area contributed by atoms with Gasteiger partial charge in [-0.05, 0) is 36.7 Å². The predicted molar refractivity (Wildman–Crippen MR) is 192 cm³/mol. The van der Waals surface area contributed by atoms with Crippen molar-refractivity contribution in [2.24, 2.45) is 0 Å². The summed E-state index contributed by atoms with van der Waals surface area (Å²) in [4.78, 5) is 11.7. The van der Waals surface area contributed by atoms with Crippen LogP contribution in [0.3, 0.4) is 0 Å². The molecule has 0 amide bonds. The molecule has 47 heavy (non-hydrogen) atoms. The minimum atomic E-state index is -0.0142. The van der Waals surface area contributed by atoms with E-state index in [-0.39, 0.29) is 27.3 Å². The average Bonchev–Trinajstić information content (AvgIpc) is 3.80. The van der Waals surface area contributed by atoms with E-state index in [1.807, 2.05) is 12.1 Å². The number of hydrogen-bond acceptors (Lipinski definition) is 5. The molecule has 0 radical (unpaired) electrons. The Kier molecular flexibility index (Phi) is 6.69. The van der Waals surface area contributed by atoms with E-state index in [1.54, 1.807) is 11.3 Å². The third kappa shape index (κ3) is 4.42. The Morgan fingerprint density at radius 3 is 2.00 bits per heavy atom. The van der Waals surface area contributed by atoms with E-state index in [0.29, 0.717) is 0 Å². The number of nitrogens with zero attached hydrogens (tertiary/aromatic N) is 4. The van der Waals surface area contributed by atoms with Crippen LogP contribution in [-0.4, -0.2) is 11.8 Å². The van der Waals surface area contributed by atoms with Gasteiger partial charge in [-0.25, -0.2) is 0 Å². The molecule has 4 heterocycles. The average molecular weight is 710 g/mol. The summed E-state index contributed by atoms with van der Waals surface area (Å²) in [6.45, 7) is 2.10. The quantitative estimate of drug-likeness (QED) is 0.136. The Bertz CT molecular complexity index is 2320. The van der Waals surface area contributed by atoms with Crippen molar-refractivity contribution in [1.29, 1.82) is 0 Å². The predicted octanol–water partition coefficient (Wildman–Crippen LogP) is 8.38. The molecule has 0 aliphatic carbocycles. The van der Waals surface area contributed by atoms with Crippen molar-refractivity contribution in [3.05, 3.63) is 159 Å². The minimum absolute atomic E-state index is 0. The summed E-state index contributed by atoms with van der Waals surface area (Å²) in [5.41, 5.74) is 13.6. The first-order chi connectivity index (χ1) is 22.8. The normalized spacial score (nSPS) is 13.9. The van der Waals surface area contributed by atoms with Gasteiger partial charge in [-0.2, -0.15) is 17.4 Å². The molecular formula is C40H24BN4PdS-3. The van der Waals surface area contributed by atoms with Crippen LogP contribution in [0, 0.1) is 18.8 Å². The van der Waals surface area contributed by atoms with Gasteiger partial charge in [0.05, 0.1) is 5.52 Å². The van der Waals surface area contributed by atoms with E-state index >= 15 is 0 Å². The van der Waals surface area contributed by atoms with Crippen LogP contribution in [0.4, 0.5) is 22.7 Å². The van der Waals surface area contributed by atoms with Crippen LogP contribution in [0.1, 0.15) is 0 Å². The molecule has 0 saturated heterocycles. The van der Waals surface area contributed by atoms with E-state index in [0.717, 1.165) is 38.8 Å². The standard InChI is InChI=1S/C40H24BN4S.Pd/c1-2-10-28(11-3-1)43-22-23-44(26-43)29-19-21-33-31-13-5-7-15-35(31)41-34-14-6-4-12-30(34)32-20-18-27(24-37(32)45(41)38(33)25-29)40-42-36-16-8-9-17-39(36)46-40;/h1-23,26H;/q-3;. The van der Waals surface area contributed by atoms with Crippen molar-refractivity contribution in [3.63, 3.8) is 0 Å². The second kappa shape index (κ2) is 11.1. The second-order valence-corrected chi connectivity index (χ2v) is 12.8. The first-order valence-corrected chi connectivity index (χ1v) is 16.2. The van der Waals surface area contributed by atoms with E-state index in [9.17, 15) is 0 Å². The SMILES string of the molecule is [Pd].[c-]1c(-c2nc3ccccc3s2)ccc2c1N1B(c3ccccc3-2)c2ccccc2-c2ccc(N3C=CN(c4ccccc4)[CH-]3)[c-]c21. The van der Waals surface area contributed by atoms with Gasteiger partial charge in [0.2, 0.25) is 0 Å². The van der Waals surface area contributed by atoms with Gasteiger partial charge in [-0.15, -0.1) is 53.8 Å². The summed E-state index contributed by atoms with van der Waals surface area (Å²) in [5.74, 6) is 0. The molecule has 3 aliphatic heterocycles. The number of benzene rings is 6. The zero-order chi connectivity index (χ0) is 30.2. The molecule has 1 aromatic heterocycles. The Morgan fingerprint density at radius 1 is 0.596 bits per heavy atom. The number of aromatic nitrogens is 1. The van der Waals surface area contributed by atoms with Gasteiger partial charge in [0.1, 0.15) is 0 Å². The van der Waals surface area contributed by atoms with Crippen molar-refractivity contribution in [2.75, 3.05) is 14.6 Å². The monoisotopic (exact) mass is 709 g/mol. The molecule has 0 saturated carbocycles. The molecular weight excluding hydrogens is 686 g/mol. The third-order valence-corrected chi connectivity index (χ3v) is 10.2. The smallest absolute Gasteiger partial charge is 0.324 e. The maximum Gasteiger partial charge on any atom is 0.324 e. The van der Waals surface area contributed by atoms with E-state index in [4.69, 9.17) is 4.98 Å². The van der Waals surface area contributed by atoms with Gasteiger partial charge in [0.25, 0.3) is 0 Å². The van der Waals surface area contributed by atoms with Crippen LogP contribution in [0.15, 0.2) is 140 Å². The van der Waals surface area contributed by atoms with E-state index in [1.165, 1.54) is 37.9 Å². The fourth-order valence-electron chi connectivity index (χ4n) is 7.06. The second-order valence-electron chi connectivity index (χ2n) is 11.7. The van der Waals surface area contributed by atoms with Crippen LogP contribution < -0.4 is 25.5 Å². The zero-order valence-electron chi connectivity index (χ0n) is 24.9. The van der Waals surface area contributed by atoms with Crippen molar-refractivity contribution in [3.8, 4) is 32.8 Å². The van der Waals surface area contributed by atoms with Gasteiger partial charge in [0, 0.05) is 35.8 Å². The maximum absolute atomic E-state index is 5.00. The van der Waals surface area contributed by atoms with Crippen LogP contribution >= 0.6 is 11.3 Å². The minimum Gasteiger partial charge on any atom is -0.500 e. The van der Waals surface area contributed by atoms with Crippen molar-refractivity contribution in [1.82, 2.24) is 4.98 Å². The Balaban J connectivity index is 0.00000302. The fraction of sp³-hybridized carbons (Fsp3) is 0. The molecule has 0 N–H and O–H groups in total. The Hall–Kier alpha value is -4.92. The number of anilines is 4. The molecule has 3 aliphatic rings. The number of para-hydroxylation sites is 2. The number of rotatable bonds is 3. The molecule has 7 aromatic rings. The van der Waals surface area contributed by atoms with E-state index in [2.05, 4.69) is 161 Å². The number of thiazole rings is 1. The zero-order valence-corrected chi connectivity index (χ0v) is 27.3. The summed E-state index contributed by atoms with van der Waals surface area (Å²) in [7, 11) is 0. The number of hydrogen-bond donors (Lipinski definition) is 0. The summed E-state index contributed by atoms with van der Waals surface area (Å²) < 4.78 is 1.18. The maximum atomic E-state index is 5.00. The van der Waals surface area contributed by atoms with Gasteiger partial charge < -0.3 is 14.6 Å². The molecule has 0 spiro atoms. The van der Waals surface area contributed by atoms with Crippen molar-refractivity contribution < 1.29 is 20.4 Å². The van der Waals surface area contributed by atoms with Gasteiger partial charge in [0.15, 0.2) is 0 Å². The molecule has 226 valence electrons. The Morgan fingerprint density at radius 2 is 1.23 bits per heavy atom. The molecule has 6 aromatic carbocycles. The summed E-state index contributed by atoms with van der Waals surface area (Å²) in [5, 5.41) is 0.979. The largest absolute Gasteiger partial charge is 0.500 e. The van der Waals surface area contributed by atoms with Crippen molar-refractivity contribution in [2.45, 2.75) is 0 Å². The van der Waals surface area contributed by atoms with Crippen LogP contribution in [0.25, 0.3) is 43.0 Å². The molecule has 10 rings (SSSR count). The Labute approximate surface area is 292 Å². The van der Waals surface area contributed by atoms with Gasteiger partial charge >= 0.3 is 6.85 Å². The first-order valence-electron chi connectivity index (χ1n) is 15.4. The third-order valence-electron chi connectivity index (χ3n) is 9.16. The summed E-state index contributed by atoms with van der Waals surface area (Å²) in [6, 6.07) is 53.0. The molecule has 0 atom stereocenters. The number of fused-ring (bicyclic) bond motifs is 12. The summed E-state index contributed by atoms with van der Waals surface area (Å²) in [6.07, 6.45) is 4.18. The fourth-order valence-corrected chi connectivity index (χ4v) is 8.00. The molecule has 0 bridgehead atoms. The van der Waals surface area contributed by atoms with Gasteiger partial charge in [-0.3, -0.25) is 4.98 Å². The van der Waals surface area contributed by atoms with E-state index < -0.39 is 0 Å².